The summed E-state index contributed by atoms with van der Waals surface area (Å²) in [6.07, 6.45) is -7.64. The van der Waals surface area contributed by atoms with Gasteiger partial charge >= 0.3 is 12.4 Å². The Labute approximate surface area is 114 Å². The van der Waals surface area contributed by atoms with Gasteiger partial charge in [-0.3, -0.25) is 0 Å². The van der Waals surface area contributed by atoms with Crippen LogP contribution in [0.4, 0.5) is 32.0 Å². The summed E-state index contributed by atoms with van der Waals surface area (Å²) < 4.78 is 76.1. The minimum atomic E-state index is -4.91. The lowest BCUT2D eigenvalue weighted by Gasteiger charge is -2.13. The lowest BCUT2D eigenvalue weighted by molar-refractivity contribution is -0.143. The average molecular weight is 307 g/mol. The van der Waals surface area contributed by atoms with Crippen LogP contribution in [-0.2, 0) is 12.4 Å². The number of nitrogen functional groups attached to an aromatic ring is 1. The first-order valence-electron chi connectivity index (χ1n) is 5.45. The van der Waals surface area contributed by atoms with Crippen molar-refractivity contribution in [1.82, 2.24) is 9.97 Å². The van der Waals surface area contributed by atoms with Crippen molar-refractivity contribution < 1.29 is 26.3 Å². The van der Waals surface area contributed by atoms with Crippen LogP contribution in [-0.4, -0.2) is 9.97 Å². The van der Waals surface area contributed by atoms with Crippen LogP contribution in [0.1, 0.15) is 11.1 Å². The summed E-state index contributed by atoms with van der Waals surface area (Å²) in [6, 6.07) is 1.16. The van der Waals surface area contributed by atoms with Crippen LogP contribution in [0.3, 0.4) is 0 Å². The number of hydrogen-bond acceptors (Lipinski definition) is 3. The molecule has 112 valence electrons. The highest BCUT2D eigenvalue weighted by molar-refractivity contribution is 5.59. The highest BCUT2D eigenvalue weighted by atomic mass is 19.4. The molecule has 0 unspecified atom stereocenters. The zero-order chi connectivity index (χ0) is 15.8. The Balaban J connectivity index is 2.63. The molecule has 0 aliphatic rings. The fraction of sp³-hybridized carbons (Fsp3) is 0.167. The summed E-state index contributed by atoms with van der Waals surface area (Å²) in [4.78, 5) is 7.25. The lowest BCUT2D eigenvalue weighted by atomic mass is 10.0. The van der Waals surface area contributed by atoms with E-state index in [0.717, 1.165) is 12.4 Å². The Morgan fingerprint density at radius 2 is 1.19 bits per heavy atom. The second-order valence-electron chi connectivity index (χ2n) is 4.13. The lowest BCUT2D eigenvalue weighted by Crippen LogP contribution is -2.11. The van der Waals surface area contributed by atoms with E-state index in [4.69, 9.17) is 5.73 Å². The molecule has 2 aromatic rings. The first-order valence-corrected chi connectivity index (χ1v) is 5.45. The van der Waals surface area contributed by atoms with E-state index in [1.54, 1.807) is 0 Å². The van der Waals surface area contributed by atoms with Crippen LogP contribution >= 0.6 is 0 Å². The topological polar surface area (TPSA) is 51.8 Å². The Morgan fingerprint density at radius 1 is 0.762 bits per heavy atom. The van der Waals surface area contributed by atoms with Crippen LogP contribution < -0.4 is 5.73 Å². The molecule has 9 heteroatoms. The zero-order valence-electron chi connectivity index (χ0n) is 10.1. The SMILES string of the molecule is Nc1cnc(-c2cc(C(F)(F)F)cc(C(F)(F)F)c2)nc1. The molecular weight excluding hydrogens is 300 g/mol. The van der Waals surface area contributed by atoms with Crippen LogP contribution in [0, 0.1) is 0 Å². The smallest absolute Gasteiger partial charge is 0.396 e. The molecule has 1 aromatic carbocycles. The molecule has 2 N–H and O–H groups in total. The Hall–Kier alpha value is -2.32. The van der Waals surface area contributed by atoms with Gasteiger partial charge in [0.25, 0.3) is 0 Å². The van der Waals surface area contributed by atoms with Crippen LogP contribution in [0.5, 0.6) is 0 Å². The second-order valence-corrected chi connectivity index (χ2v) is 4.13. The van der Waals surface area contributed by atoms with Crippen molar-refractivity contribution in [3.63, 3.8) is 0 Å². The number of aromatic nitrogens is 2. The molecule has 0 radical (unpaired) electrons. The van der Waals surface area contributed by atoms with Crippen molar-refractivity contribution in [1.29, 1.82) is 0 Å². The van der Waals surface area contributed by atoms with E-state index in [0.29, 0.717) is 12.1 Å². The van der Waals surface area contributed by atoms with E-state index >= 15 is 0 Å². The maximum atomic E-state index is 12.7. The van der Waals surface area contributed by atoms with Gasteiger partial charge in [0.2, 0.25) is 0 Å². The molecule has 0 atom stereocenters. The molecular formula is C12H7F6N3. The fourth-order valence-electron chi connectivity index (χ4n) is 1.57. The minimum Gasteiger partial charge on any atom is -0.396 e. The van der Waals surface area contributed by atoms with Gasteiger partial charge in [-0.25, -0.2) is 9.97 Å². The van der Waals surface area contributed by atoms with Crippen molar-refractivity contribution in [2.75, 3.05) is 5.73 Å². The zero-order valence-corrected chi connectivity index (χ0v) is 10.1. The number of nitrogens with two attached hydrogens (primary N) is 1. The number of halogens is 6. The van der Waals surface area contributed by atoms with Gasteiger partial charge in [0.05, 0.1) is 29.2 Å². The summed E-state index contributed by atoms with van der Waals surface area (Å²) in [5.74, 6) is -0.277. The van der Waals surface area contributed by atoms with E-state index < -0.39 is 29.0 Å². The third-order valence-electron chi connectivity index (χ3n) is 2.52. The van der Waals surface area contributed by atoms with Gasteiger partial charge in [-0.1, -0.05) is 0 Å². The first kappa shape index (κ1) is 15.1. The second kappa shape index (κ2) is 4.90. The van der Waals surface area contributed by atoms with E-state index in [2.05, 4.69) is 9.97 Å². The molecule has 0 fully saturated rings. The summed E-state index contributed by atoms with van der Waals surface area (Å²) >= 11 is 0. The number of benzene rings is 1. The third kappa shape index (κ3) is 3.41. The van der Waals surface area contributed by atoms with Crippen molar-refractivity contribution in [3.05, 3.63) is 41.7 Å². The predicted octanol–water partition coefficient (Wildman–Crippen LogP) is 3.76. The highest BCUT2D eigenvalue weighted by Gasteiger charge is 2.37. The number of rotatable bonds is 1. The molecule has 0 saturated carbocycles. The van der Waals surface area contributed by atoms with Gasteiger partial charge in [-0.15, -0.1) is 0 Å². The summed E-state index contributed by atoms with van der Waals surface area (Å²) in [6.45, 7) is 0. The summed E-state index contributed by atoms with van der Waals surface area (Å²) in [5.41, 5.74) is 2.22. The van der Waals surface area contributed by atoms with Crippen molar-refractivity contribution >= 4 is 5.69 Å². The maximum absolute atomic E-state index is 12.7. The van der Waals surface area contributed by atoms with E-state index in [1.165, 1.54) is 0 Å². The Bertz CT molecular complexity index is 613. The maximum Gasteiger partial charge on any atom is 0.416 e. The van der Waals surface area contributed by atoms with Crippen molar-refractivity contribution in [3.8, 4) is 11.4 Å². The number of anilines is 1. The van der Waals surface area contributed by atoms with Gasteiger partial charge in [0.15, 0.2) is 5.82 Å². The molecule has 21 heavy (non-hydrogen) atoms. The molecule has 3 nitrogen and oxygen atoms in total. The highest BCUT2D eigenvalue weighted by Crippen LogP contribution is 2.37. The Morgan fingerprint density at radius 3 is 1.57 bits per heavy atom. The van der Waals surface area contributed by atoms with Gasteiger partial charge < -0.3 is 5.73 Å². The average Bonchev–Trinajstić information content (AvgIpc) is 2.37. The van der Waals surface area contributed by atoms with Crippen LogP contribution in [0.2, 0.25) is 0 Å². The molecule has 1 aromatic heterocycles. The molecule has 1 heterocycles. The number of alkyl halides is 6. The standard InChI is InChI=1S/C12H7F6N3/c13-11(14,15)7-1-6(2-8(3-7)12(16,17)18)10-20-4-9(19)5-21-10/h1-5H,19H2. The molecule has 0 spiro atoms. The fourth-order valence-corrected chi connectivity index (χ4v) is 1.57. The molecule has 0 saturated heterocycles. The van der Waals surface area contributed by atoms with E-state index in [1.807, 2.05) is 0 Å². The monoisotopic (exact) mass is 307 g/mol. The molecule has 2 rings (SSSR count). The molecule has 0 amide bonds. The molecule has 0 bridgehead atoms. The van der Waals surface area contributed by atoms with Gasteiger partial charge in [-0.05, 0) is 18.2 Å². The number of nitrogens with zero attached hydrogens (tertiary/aromatic N) is 2. The van der Waals surface area contributed by atoms with Crippen molar-refractivity contribution in [2.45, 2.75) is 12.4 Å². The van der Waals surface area contributed by atoms with Crippen LogP contribution in [0.25, 0.3) is 11.4 Å². The quantitative estimate of drug-likeness (QED) is 0.816. The number of hydrogen-bond donors (Lipinski definition) is 1. The van der Waals surface area contributed by atoms with Gasteiger partial charge in [0.1, 0.15) is 0 Å². The largest absolute Gasteiger partial charge is 0.416 e. The van der Waals surface area contributed by atoms with Crippen LogP contribution in [0.15, 0.2) is 30.6 Å². The van der Waals surface area contributed by atoms with E-state index in [9.17, 15) is 26.3 Å². The molecule has 0 aliphatic carbocycles. The third-order valence-corrected chi connectivity index (χ3v) is 2.52. The van der Waals surface area contributed by atoms with Crippen molar-refractivity contribution in [2.24, 2.45) is 0 Å². The van der Waals surface area contributed by atoms with E-state index in [-0.39, 0.29) is 17.6 Å². The first-order chi connectivity index (χ1) is 9.57. The molecule has 0 aliphatic heterocycles. The summed E-state index contributed by atoms with van der Waals surface area (Å²) in [7, 11) is 0. The van der Waals surface area contributed by atoms with Gasteiger partial charge in [0, 0.05) is 5.56 Å². The summed E-state index contributed by atoms with van der Waals surface area (Å²) in [5, 5.41) is 0. The Kier molecular flexibility index (Phi) is 3.52. The van der Waals surface area contributed by atoms with Gasteiger partial charge in [-0.2, -0.15) is 26.3 Å². The normalized spacial score (nSPS) is 12.5. The minimum absolute atomic E-state index is 0.0425. The predicted molar refractivity (Wildman–Crippen MR) is 61.9 cm³/mol.